The van der Waals surface area contributed by atoms with E-state index in [9.17, 15) is 12.8 Å². The lowest BCUT2D eigenvalue weighted by Crippen LogP contribution is -2.24. The summed E-state index contributed by atoms with van der Waals surface area (Å²) >= 11 is 0. The molecule has 1 N–H and O–H groups in total. The van der Waals surface area contributed by atoms with Gasteiger partial charge in [0.25, 0.3) is 0 Å². The predicted octanol–water partition coefficient (Wildman–Crippen LogP) is 2.22. The molecule has 0 unspecified atom stereocenters. The van der Waals surface area contributed by atoms with E-state index in [4.69, 9.17) is 4.52 Å². The third-order valence-corrected chi connectivity index (χ3v) is 4.51. The van der Waals surface area contributed by atoms with E-state index in [2.05, 4.69) is 9.88 Å². The van der Waals surface area contributed by atoms with Crippen LogP contribution in [0.4, 0.5) is 4.39 Å². The van der Waals surface area contributed by atoms with Gasteiger partial charge in [-0.1, -0.05) is 5.16 Å². The summed E-state index contributed by atoms with van der Waals surface area (Å²) in [4.78, 5) is 0.0927. The first-order valence-corrected chi connectivity index (χ1v) is 7.46. The quantitative estimate of drug-likeness (QED) is 0.939. The zero-order chi connectivity index (χ0) is 14.9. The molecule has 2 aromatic rings. The number of hydrogen-bond donors (Lipinski definition) is 1. The second kappa shape index (κ2) is 5.34. The van der Waals surface area contributed by atoms with Gasteiger partial charge in [0, 0.05) is 6.07 Å². The van der Waals surface area contributed by atoms with Crippen LogP contribution in [0, 0.1) is 26.6 Å². The largest absolute Gasteiger partial charge is 0.360 e. The summed E-state index contributed by atoms with van der Waals surface area (Å²) in [5, 5.41) is 3.68. The summed E-state index contributed by atoms with van der Waals surface area (Å²) < 4.78 is 45.1. The molecule has 0 aliphatic heterocycles. The van der Waals surface area contributed by atoms with E-state index >= 15 is 0 Å². The lowest BCUT2D eigenvalue weighted by atomic mass is 10.1. The molecule has 5 nitrogen and oxygen atoms in total. The van der Waals surface area contributed by atoms with Crippen LogP contribution in [0.3, 0.4) is 0 Å². The SMILES string of the molecule is Cc1cc(CNS(=O)(=O)c2c(C)cc(F)cc2C)on1. The van der Waals surface area contributed by atoms with E-state index in [0.29, 0.717) is 22.6 Å². The topological polar surface area (TPSA) is 72.2 Å². The fourth-order valence-electron chi connectivity index (χ4n) is 2.06. The monoisotopic (exact) mass is 298 g/mol. The van der Waals surface area contributed by atoms with Crippen LogP contribution in [0.2, 0.25) is 0 Å². The van der Waals surface area contributed by atoms with Gasteiger partial charge in [0.15, 0.2) is 5.76 Å². The number of nitrogens with one attached hydrogen (secondary N) is 1. The molecule has 0 bridgehead atoms. The van der Waals surface area contributed by atoms with Crippen molar-refractivity contribution in [2.24, 2.45) is 0 Å². The minimum absolute atomic E-state index is 0.000566. The van der Waals surface area contributed by atoms with Crippen LogP contribution in [-0.4, -0.2) is 13.6 Å². The molecule has 0 atom stereocenters. The molecule has 0 spiro atoms. The number of sulfonamides is 1. The van der Waals surface area contributed by atoms with Crippen molar-refractivity contribution in [3.8, 4) is 0 Å². The summed E-state index contributed by atoms with van der Waals surface area (Å²) in [6, 6.07) is 4.03. The summed E-state index contributed by atoms with van der Waals surface area (Å²) in [6.45, 7) is 4.86. The average molecular weight is 298 g/mol. The van der Waals surface area contributed by atoms with Gasteiger partial charge in [-0.2, -0.15) is 0 Å². The zero-order valence-electron chi connectivity index (χ0n) is 11.4. The predicted molar refractivity (Wildman–Crippen MR) is 71.1 cm³/mol. The number of aryl methyl sites for hydroxylation is 3. The lowest BCUT2D eigenvalue weighted by Gasteiger charge is -2.11. The molecule has 0 saturated heterocycles. The highest BCUT2D eigenvalue weighted by atomic mass is 32.2. The van der Waals surface area contributed by atoms with Crippen LogP contribution in [0.15, 0.2) is 27.6 Å². The Balaban J connectivity index is 2.27. The molecule has 0 aliphatic rings. The number of halogens is 1. The Morgan fingerprint density at radius 1 is 1.20 bits per heavy atom. The van der Waals surface area contributed by atoms with Gasteiger partial charge in [0.1, 0.15) is 5.82 Å². The number of rotatable bonds is 4. The molecule has 2 rings (SSSR count). The molecule has 1 aromatic heterocycles. The maximum atomic E-state index is 13.2. The molecule has 0 radical (unpaired) electrons. The molecule has 108 valence electrons. The van der Waals surface area contributed by atoms with Gasteiger partial charge in [-0.15, -0.1) is 0 Å². The summed E-state index contributed by atoms with van der Waals surface area (Å²) in [5.41, 5.74) is 1.40. The fourth-order valence-corrected chi connectivity index (χ4v) is 3.50. The van der Waals surface area contributed by atoms with Gasteiger partial charge in [-0.3, -0.25) is 0 Å². The van der Waals surface area contributed by atoms with E-state index < -0.39 is 15.8 Å². The first-order chi connectivity index (χ1) is 9.29. The third-order valence-electron chi connectivity index (χ3n) is 2.81. The Kier molecular flexibility index (Phi) is 3.92. The molecule has 0 fully saturated rings. The summed E-state index contributed by atoms with van der Waals surface area (Å²) in [5.74, 6) is -0.0340. The Bertz CT molecular complexity index is 715. The molecule has 1 heterocycles. The van der Waals surface area contributed by atoms with Crippen molar-refractivity contribution in [1.29, 1.82) is 0 Å². The van der Waals surface area contributed by atoms with Crippen molar-refractivity contribution < 1.29 is 17.3 Å². The maximum Gasteiger partial charge on any atom is 0.241 e. The molecule has 0 amide bonds. The second-order valence-corrected chi connectivity index (χ2v) is 6.33. The number of nitrogens with zero attached hydrogens (tertiary/aromatic N) is 1. The third kappa shape index (κ3) is 3.05. The summed E-state index contributed by atoms with van der Waals surface area (Å²) in [6.07, 6.45) is 0. The first kappa shape index (κ1) is 14.7. The van der Waals surface area contributed by atoms with E-state index in [1.54, 1.807) is 26.8 Å². The van der Waals surface area contributed by atoms with Crippen LogP contribution >= 0.6 is 0 Å². The zero-order valence-corrected chi connectivity index (χ0v) is 12.2. The van der Waals surface area contributed by atoms with Crippen LogP contribution in [0.1, 0.15) is 22.6 Å². The van der Waals surface area contributed by atoms with Crippen molar-refractivity contribution in [1.82, 2.24) is 9.88 Å². The molecule has 0 aliphatic carbocycles. The van der Waals surface area contributed by atoms with Gasteiger partial charge < -0.3 is 4.52 Å². The number of hydrogen-bond acceptors (Lipinski definition) is 4. The van der Waals surface area contributed by atoms with E-state index in [1.807, 2.05) is 0 Å². The number of benzene rings is 1. The molecule has 20 heavy (non-hydrogen) atoms. The van der Waals surface area contributed by atoms with Crippen LogP contribution in [-0.2, 0) is 16.6 Å². The van der Waals surface area contributed by atoms with E-state index in [-0.39, 0.29) is 11.4 Å². The molecule has 1 aromatic carbocycles. The van der Waals surface area contributed by atoms with Gasteiger partial charge in [-0.05, 0) is 44.0 Å². The van der Waals surface area contributed by atoms with Gasteiger partial charge >= 0.3 is 0 Å². The fraction of sp³-hybridized carbons (Fsp3) is 0.308. The average Bonchev–Trinajstić information content (AvgIpc) is 2.71. The van der Waals surface area contributed by atoms with Crippen molar-refractivity contribution >= 4 is 10.0 Å². The standard InChI is InChI=1S/C13H15FN2O3S/c1-8-4-11(14)5-9(2)13(8)20(17,18)15-7-12-6-10(3)16-19-12/h4-6,15H,7H2,1-3H3. The highest BCUT2D eigenvalue weighted by Gasteiger charge is 2.20. The maximum absolute atomic E-state index is 13.2. The van der Waals surface area contributed by atoms with Crippen molar-refractivity contribution in [3.05, 3.63) is 46.6 Å². The van der Waals surface area contributed by atoms with Crippen molar-refractivity contribution in [2.75, 3.05) is 0 Å². The van der Waals surface area contributed by atoms with Gasteiger partial charge in [0.05, 0.1) is 17.1 Å². The molecular weight excluding hydrogens is 283 g/mol. The Hall–Kier alpha value is -1.73. The molecule has 7 heteroatoms. The van der Waals surface area contributed by atoms with Gasteiger partial charge in [-0.25, -0.2) is 17.5 Å². The molecular formula is C13H15FN2O3S. The highest BCUT2D eigenvalue weighted by Crippen LogP contribution is 2.21. The van der Waals surface area contributed by atoms with E-state index in [0.717, 1.165) is 0 Å². The van der Waals surface area contributed by atoms with Crippen LogP contribution in [0.5, 0.6) is 0 Å². The van der Waals surface area contributed by atoms with Gasteiger partial charge in [0.2, 0.25) is 10.0 Å². The Morgan fingerprint density at radius 2 is 1.80 bits per heavy atom. The van der Waals surface area contributed by atoms with Crippen LogP contribution < -0.4 is 4.72 Å². The minimum Gasteiger partial charge on any atom is -0.360 e. The molecule has 0 saturated carbocycles. The second-order valence-electron chi connectivity index (χ2n) is 4.63. The lowest BCUT2D eigenvalue weighted by molar-refractivity contribution is 0.377. The summed E-state index contributed by atoms with van der Waals surface area (Å²) in [7, 11) is -3.73. The Labute approximate surface area is 116 Å². The van der Waals surface area contributed by atoms with Crippen molar-refractivity contribution in [3.63, 3.8) is 0 Å². The minimum atomic E-state index is -3.73. The highest BCUT2D eigenvalue weighted by molar-refractivity contribution is 7.89. The smallest absolute Gasteiger partial charge is 0.241 e. The Morgan fingerprint density at radius 3 is 2.30 bits per heavy atom. The normalized spacial score (nSPS) is 11.8. The first-order valence-electron chi connectivity index (χ1n) is 5.98. The van der Waals surface area contributed by atoms with Crippen molar-refractivity contribution in [2.45, 2.75) is 32.2 Å². The number of aromatic nitrogens is 1. The van der Waals surface area contributed by atoms with Crippen LogP contribution in [0.25, 0.3) is 0 Å². The van der Waals surface area contributed by atoms with E-state index in [1.165, 1.54) is 12.1 Å².